The number of methoxy groups -OCH3 is 3. The molecule has 0 aromatic heterocycles. The van der Waals surface area contributed by atoms with Crippen LogP contribution in [0, 0.1) is 23.7 Å². The molecule has 7 N–H and O–H groups in total. The Morgan fingerprint density at radius 3 is 2.19 bits per heavy atom. The zero-order valence-electron chi connectivity index (χ0n) is 36.1. The van der Waals surface area contributed by atoms with Crippen molar-refractivity contribution in [3.63, 3.8) is 0 Å². The summed E-state index contributed by atoms with van der Waals surface area (Å²) in [7, 11) is 4.64. The van der Waals surface area contributed by atoms with Crippen LogP contribution in [0.3, 0.4) is 0 Å². The van der Waals surface area contributed by atoms with Gasteiger partial charge < -0.3 is 55.4 Å². The Balaban J connectivity index is 0.00000930. The molecule has 0 radical (unpaired) electrons. The number of allylic oxidation sites excluding steroid dienone is 6. The summed E-state index contributed by atoms with van der Waals surface area (Å²) in [5, 5.41) is 34.3. The number of rotatable bonds is 6. The van der Waals surface area contributed by atoms with Crippen molar-refractivity contribution in [2.45, 2.75) is 168 Å². The second kappa shape index (κ2) is 22.1. The minimum absolute atomic E-state index is 0. The molecule has 3 heterocycles. The van der Waals surface area contributed by atoms with Gasteiger partial charge >= 0.3 is 5.97 Å². The molecule has 14 nitrogen and oxygen atoms in total. The zero-order valence-corrected chi connectivity index (χ0v) is 36.1. The average molecular weight is 834 g/mol. The highest BCUT2D eigenvalue weighted by Gasteiger charge is 2.56. The van der Waals surface area contributed by atoms with Gasteiger partial charge in [0.15, 0.2) is 0 Å². The predicted molar refractivity (Wildman–Crippen MR) is 225 cm³/mol. The number of piperidine rings is 1. The second-order valence-corrected chi connectivity index (χ2v) is 17.5. The first-order chi connectivity index (χ1) is 27.3. The Morgan fingerprint density at radius 1 is 0.915 bits per heavy atom. The Bertz CT molecular complexity index is 1570. The summed E-state index contributed by atoms with van der Waals surface area (Å²) in [6.45, 7) is 11.2. The van der Waals surface area contributed by atoms with E-state index in [-0.39, 0.29) is 51.2 Å². The van der Waals surface area contributed by atoms with Crippen LogP contribution in [-0.2, 0) is 38.1 Å². The van der Waals surface area contributed by atoms with E-state index in [1.807, 2.05) is 26.0 Å². The quantitative estimate of drug-likeness (QED) is 0.141. The molecule has 3 fully saturated rings. The van der Waals surface area contributed by atoms with E-state index in [1.54, 1.807) is 34.0 Å². The number of cyclic esters (lactones) is 1. The van der Waals surface area contributed by atoms with E-state index in [1.165, 1.54) is 19.1 Å². The number of amides is 1. The van der Waals surface area contributed by atoms with Crippen LogP contribution in [0.1, 0.15) is 113 Å². The minimum atomic E-state index is -2.50. The number of ketones is 1. The summed E-state index contributed by atoms with van der Waals surface area (Å²) in [5.41, 5.74) is 16.2. The van der Waals surface area contributed by atoms with Crippen molar-refractivity contribution in [2.24, 2.45) is 35.1 Å². The van der Waals surface area contributed by atoms with Crippen LogP contribution in [0.25, 0.3) is 0 Å². The van der Waals surface area contributed by atoms with Crippen LogP contribution in [0.2, 0.25) is 0 Å². The van der Waals surface area contributed by atoms with E-state index >= 15 is 0 Å². The number of aliphatic hydroxyl groups is 3. The Morgan fingerprint density at radius 2 is 1.56 bits per heavy atom. The zero-order chi connectivity index (χ0) is 43.1. The maximum atomic E-state index is 14.4. The molecule has 14 heteroatoms. The van der Waals surface area contributed by atoms with E-state index in [0.717, 1.165) is 5.57 Å². The van der Waals surface area contributed by atoms with Crippen LogP contribution < -0.4 is 11.5 Å². The van der Waals surface area contributed by atoms with Gasteiger partial charge in [0.2, 0.25) is 5.79 Å². The van der Waals surface area contributed by atoms with Gasteiger partial charge in [0.05, 0.1) is 30.5 Å². The fraction of sp³-hybridized carbons (Fsp3) is 0.756. The Hall–Kier alpha value is -3.11. The van der Waals surface area contributed by atoms with Gasteiger partial charge in [-0.1, -0.05) is 45.9 Å². The van der Waals surface area contributed by atoms with Crippen molar-refractivity contribution >= 4 is 17.7 Å². The summed E-state index contributed by atoms with van der Waals surface area (Å²) in [4.78, 5) is 44.1. The molecule has 13 atom stereocenters. The number of carbonyl (C=O) groups excluding carboxylic acids is 3. The number of aliphatic hydroxyl groups excluding tert-OH is 2. The lowest BCUT2D eigenvalue weighted by molar-refractivity contribution is -0.302. The maximum absolute atomic E-state index is 14.4. The second-order valence-electron chi connectivity index (χ2n) is 17.5. The molecular weight excluding hydrogens is 759 g/mol. The SMILES string of the molecule is C.CO[C@H]1C[C@@H](C)C/C(C)=C/C(/C=C(/C)N)=C(/N)C[C@H](O)[C@@H](C)[C@@H](/C(C)=C/[C@@H]2CC[C@@H](O)[C@H](OC)C2)OC(=O)[C@@H]2CCCCN2C(=O)C(=O)[C@]2(O)O[C@H]1[C@@H](OC)C[C@H]2C. The molecule has 336 valence electrons. The molecule has 1 saturated carbocycles. The molecule has 1 aliphatic carbocycles. The largest absolute Gasteiger partial charge is 0.456 e. The van der Waals surface area contributed by atoms with Gasteiger partial charge in [0, 0.05) is 57.5 Å². The number of hydrogen-bond donors (Lipinski definition) is 5. The standard InChI is InChI=1S/C44H71N3O11.CH4/c1-24-16-25(2)18-37(55-8)40-38(56-9)20-27(4)44(53,58-40)41(50)42(51)47-15-11-10-12-33(47)43(52)57-39(26(3)19-30-13-14-34(48)36(22-30)54-7)29(6)35(49)23-32(46)31(17-24)21-28(5)45;/h17,19,21,25,27,29-30,33-40,48-49,53H,10-16,18,20,22-23,45-46H2,1-9H3;1H4/b24-17+,26-19+,28-21-,32-31-;/t25-,27+,29+,30-,33-,34+,35-,36+,37-,38-,39+,40+,44+;/m0./s1. The number of ether oxygens (including phenoxy) is 5. The van der Waals surface area contributed by atoms with Gasteiger partial charge in [-0.25, -0.2) is 4.79 Å². The normalized spacial score (nSPS) is 40.2. The lowest BCUT2D eigenvalue weighted by atomic mass is 9.82. The number of fused-ring (bicyclic) bond motifs is 3. The van der Waals surface area contributed by atoms with Gasteiger partial charge in [-0.05, 0) is 108 Å². The van der Waals surface area contributed by atoms with Crippen LogP contribution in [0.4, 0.5) is 0 Å². The first-order valence-corrected chi connectivity index (χ1v) is 21.0. The van der Waals surface area contributed by atoms with Crippen molar-refractivity contribution in [3.8, 4) is 0 Å². The Kier molecular flexibility index (Phi) is 18.8. The van der Waals surface area contributed by atoms with Gasteiger partial charge in [0.1, 0.15) is 18.2 Å². The Labute approximate surface area is 352 Å². The number of Topliss-reactive ketones (excluding diaryl/α,β-unsaturated/α-hetero) is 1. The summed E-state index contributed by atoms with van der Waals surface area (Å²) in [5.74, 6) is -6.88. The van der Waals surface area contributed by atoms with Crippen LogP contribution in [0.5, 0.6) is 0 Å². The molecule has 0 spiro atoms. The van der Waals surface area contributed by atoms with Gasteiger partial charge in [-0.3, -0.25) is 9.59 Å². The number of esters is 1. The number of hydrogen-bond acceptors (Lipinski definition) is 13. The topological polar surface area (TPSA) is 213 Å². The summed E-state index contributed by atoms with van der Waals surface area (Å²) < 4.78 is 29.9. The predicted octanol–water partition coefficient (Wildman–Crippen LogP) is 4.59. The van der Waals surface area contributed by atoms with Crippen molar-refractivity contribution < 1.29 is 53.4 Å². The minimum Gasteiger partial charge on any atom is -0.456 e. The van der Waals surface area contributed by atoms with E-state index in [2.05, 4.69) is 6.92 Å². The molecular formula is C45H75N3O11. The third kappa shape index (κ3) is 12.3. The summed E-state index contributed by atoms with van der Waals surface area (Å²) in [6.07, 6.45) is 5.28. The number of nitrogens with two attached hydrogens (primary N) is 2. The van der Waals surface area contributed by atoms with E-state index < -0.39 is 77.9 Å². The smallest absolute Gasteiger partial charge is 0.329 e. The monoisotopic (exact) mass is 834 g/mol. The molecule has 2 bridgehead atoms. The van der Waals surface area contributed by atoms with E-state index in [4.69, 9.17) is 35.2 Å². The molecule has 2 saturated heterocycles. The highest BCUT2D eigenvalue weighted by atomic mass is 16.7. The molecule has 4 aliphatic rings. The van der Waals surface area contributed by atoms with Crippen LogP contribution in [0.15, 0.2) is 46.3 Å². The van der Waals surface area contributed by atoms with E-state index in [9.17, 15) is 29.7 Å². The van der Waals surface area contributed by atoms with Gasteiger partial charge in [0.25, 0.3) is 11.7 Å². The fourth-order valence-corrected chi connectivity index (χ4v) is 9.32. The first-order valence-electron chi connectivity index (χ1n) is 21.0. The lowest BCUT2D eigenvalue weighted by Crippen LogP contribution is -2.64. The van der Waals surface area contributed by atoms with Crippen LogP contribution in [-0.4, -0.2) is 120 Å². The molecule has 3 aliphatic heterocycles. The molecule has 0 aromatic rings. The molecule has 59 heavy (non-hydrogen) atoms. The number of carbonyl (C=O) groups is 3. The maximum Gasteiger partial charge on any atom is 0.329 e. The van der Waals surface area contributed by atoms with Crippen LogP contribution >= 0.6 is 0 Å². The number of nitrogens with zero attached hydrogens (tertiary/aromatic N) is 1. The average Bonchev–Trinajstić information content (AvgIpc) is 3.18. The van der Waals surface area contributed by atoms with Crippen molar-refractivity contribution in [2.75, 3.05) is 27.9 Å². The third-order valence-corrected chi connectivity index (χ3v) is 12.7. The fourth-order valence-electron chi connectivity index (χ4n) is 9.32. The molecule has 0 unspecified atom stereocenters. The highest BCUT2D eigenvalue weighted by Crippen LogP contribution is 2.39. The molecule has 0 aromatic carbocycles. The summed E-state index contributed by atoms with van der Waals surface area (Å²) in [6, 6.07) is -1.12. The molecule has 1 amide bonds. The lowest BCUT2D eigenvalue weighted by Gasteiger charge is -2.47. The highest BCUT2D eigenvalue weighted by molar-refractivity contribution is 6.39. The summed E-state index contributed by atoms with van der Waals surface area (Å²) >= 11 is 0. The molecule has 4 rings (SSSR count). The van der Waals surface area contributed by atoms with Crippen molar-refractivity contribution in [1.29, 1.82) is 0 Å². The first kappa shape index (κ1) is 50.2. The van der Waals surface area contributed by atoms with Crippen molar-refractivity contribution in [1.82, 2.24) is 4.90 Å². The van der Waals surface area contributed by atoms with Crippen molar-refractivity contribution in [3.05, 3.63) is 46.3 Å². The van der Waals surface area contributed by atoms with Gasteiger partial charge in [-0.15, -0.1) is 0 Å². The van der Waals surface area contributed by atoms with Gasteiger partial charge in [-0.2, -0.15) is 0 Å². The van der Waals surface area contributed by atoms with E-state index in [0.29, 0.717) is 67.5 Å². The third-order valence-electron chi connectivity index (χ3n) is 12.7.